The molecule has 0 bridgehead atoms. The van der Waals surface area contributed by atoms with Crippen molar-refractivity contribution in [2.75, 3.05) is 29.9 Å². The minimum Gasteiger partial charge on any atom is -0.492 e. The van der Waals surface area contributed by atoms with Crippen molar-refractivity contribution in [3.63, 3.8) is 0 Å². The maximum Gasteiger partial charge on any atom is 0.490 e. The normalized spacial score (nSPS) is 10.7. The first-order chi connectivity index (χ1) is 16.6. The maximum atomic E-state index is 13.0. The highest BCUT2D eigenvalue weighted by Crippen LogP contribution is 2.25. The highest BCUT2D eigenvalue weighted by molar-refractivity contribution is 7.13. The summed E-state index contributed by atoms with van der Waals surface area (Å²) in [5, 5.41) is 19.2. The number of carboxylic acid groups (broad SMARTS) is 1. The van der Waals surface area contributed by atoms with Gasteiger partial charge in [-0.1, -0.05) is 29.9 Å². The van der Waals surface area contributed by atoms with Gasteiger partial charge in [0.15, 0.2) is 0 Å². The van der Waals surface area contributed by atoms with Crippen LogP contribution >= 0.6 is 22.9 Å². The number of aromatic nitrogens is 3. The first-order valence-corrected chi connectivity index (χ1v) is 11.3. The van der Waals surface area contributed by atoms with Crippen LogP contribution in [0.15, 0.2) is 48.2 Å². The summed E-state index contributed by atoms with van der Waals surface area (Å²) in [6.07, 6.45) is -0.841. The van der Waals surface area contributed by atoms with E-state index in [1.165, 1.54) is 11.3 Å². The van der Waals surface area contributed by atoms with Gasteiger partial charge in [0.1, 0.15) is 17.9 Å². The predicted octanol–water partition coefficient (Wildman–Crippen LogP) is 4.77. The summed E-state index contributed by atoms with van der Waals surface area (Å²) < 4.78 is 37.5. The summed E-state index contributed by atoms with van der Waals surface area (Å²) >= 11 is 7.53. The summed E-state index contributed by atoms with van der Waals surface area (Å²) in [4.78, 5) is 27.5. The van der Waals surface area contributed by atoms with Gasteiger partial charge in [-0.15, -0.1) is 10.2 Å². The van der Waals surface area contributed by atoms with Gasteiger partial charge in [-0.05, 0) is 36.8 Å². The van der Waals surface area contributed by atoms with Crippen LogP contribution in [0.1, 0.15) is 23.7 Å². The lowest BCUT2D eigenvalue weighted by molar-refractivity contribution is -0.192. The summed E-state index contributed by atoms with van der Waals surface area (Å²) in [5.74, 6) is -2.39. The Labute approximate surface area is 207 Å². The van der Waals surface area contributed by atoms with Gasteiger partial charge < -0.3 is 15.2 Å². The number of amides is 1. The molecule has 35 heavy (non-hydrogen) atoms. The molecule has 0 unspecified atom stereocenters. The Bertz CT molecular complexity index is 1090. The van der Waals surface area contributed by atoms with E-state index in [9.17, 15) is 18.0 Å². The van der Waals surface area contributed by atoms with Crippen molar-refractivity contribution in [1.82, 2.24) is 15.2 Å². The smallest absolute Gasteiger partial charge is 0.490 e. The lowest BCUT2D eigenvalue weighted by Crippen LogP contribution is -2.31. The molecule has 1 aromatic carbocycles. The second-order valence-electron chi connectivity index (χ2n) is 6.67. The molecule has 14 heteroatoms. The number of halogens is 4. The minimum atomic E-state index is -5.08. The number of benzene rings is 1. The highest BCUT2D eigenvalue weighted by Gasteiger charge is 2.38. The second kappa shape index (κ2) is 13.4. The van der Waals surface area contributed by atoms with Crippen LogP contribution in [-0.2, 0) is 4.79 Å². The number of ether oxygens (including phenoxy) is 1. The zero-order chi connectivity index (χ0) is 25.8. The number of carbonyl (C=O) groups is 2. The van der Waals surface area contributed by atoms with Crippen molar-refractivity contribution in [1.29, 1.82) is 0 Å². The van der Waals surface area contributed by atoms with Crippen LogP contribution < -0.4 is 15.0 Å². The fourth-order valence-electron chi connectivity index (χ4n) is 2.55. The average molecular weight is 532 g/mol. The fourth-order valence-corrected chi connectivity index (χ4v) is 3.36. The van der Waals surface area contributed by atoms with Gasteiger partial charge in [-0.2, -0.15) is 13.2 Å². The van der Waals surface area contributed by atoms with Crippen LogP contribution in [-0.4, -0.2) is 58.0 Å². The maximum absolute atomic E-state index is 13.0. The molecule has 3 rings (SSSR count). The second-order valence-corrected chi connectivity index (χ2v) is 7.92. The average Bonchev–Trinajstić information content (AvgIpc) is 3.35. The van der Waals surface area contributed by atoms with Crippen molar-refractivity contribution < 1.29 is 32.6 Å². The van der Waals surface area contributed by atoms with Crippen LogP contribution in [0.4, 0.5) is 24.0 Å². The molecule has 0 aliphatic carbocycles. The van der Waals surface area contributed by atoms with Gasteiger partial charge in [0.25, 0.3) is 5.91 Å². The van der Waals surface area contributed by atoms with Gasteiger partial charge in [-0.3, -0.25) is 14.7 Å². The number of aliphatic carboxylic acids is 1. The summed E-state index contributed by atoms with van der Waals surface area (Å²) in [6, 6.07) is 8.79. The number of rotatable bonds is 9. The van der Waals surface area contributed by atoms with E-state index in [2.05, 4.69) is 20.5 Å². The van der Waals surface area contributed by atoms with Gasteiger partial charge in [-0.25, -0.2) is 4.79 Å². The highest BCUT2D eigenvalue weighted by atomic mass is 35.5. The standard InChI is InChI=1S/C19H20ClN5O2S.C2HF3O2/c1-2-8-25(19-24-23-13-28-19)18(26)14-10-15(20)12-17(11-14)27-9-7-22-16-3-5-21-6-4-16;3-2(4,5)1(6)7/h3-6,10-13H,2,7-9H2,1H3,(H,21,22);(H,6,7). The number of nitrogens with one attached hydrogen (secondary N) is 1. The monoisotopic (exact) mass is 531 g/mol. The molecule has 2 N–H and O–H groups in total. The molecular formula is C21H21ClF3N5O4S. The molecular weight excluding hydrogens is 511 g/mol. The first-order valence-electron chi connectivity index (χ1n) is 10.1. The van der Waals surface area contributed by atoms with Crippen LogP contribution in [0.2, 0.25) is 5.02 Å². The summed E-state index contributed by atoms with van der Waals surface area (Å²) in [5.41, 5.74) is 3.02. The zero-order valence-corrected chi connectivity index (χ0v) is 19.9. The van der Waals surface area contributed by atoms with Crippen LogP contribution in [0.3, 0.4) is 0 Å². The molecule has 0 aliphatic heterocycles. The van der Waals surface area contributed by atoms with Crippen molar-refractivity contribution in [3.05, 3.63) is 58.8 Å². The molecule has 0 aliphatic rings. The van der Waals surface area contributed by atoms with E-state index in [-0.39, 0.29) is 5.91 Å². The molecule has 0 spiro atoms. The predicted molar refractivity (Wildman–Crippen MR) is 125 cm³/mol. The molecule has 1 amide bonds. The Kier molecular flexibility index (Phi) is 10.7. The molecule has 2 aromatic heterocycles. The van der Waals surface area contributed by atoms with E-state index in [1.807, 2.05) is 19.1 Å². The number of alkyl halides is 3. The van der Waals surface area contributed by atoms with E-state index < -0.39 is 12.1 Å². The molecule has 188 valence electrons. The molecule has 9 nitrogen and oxygen atoms in total. The molecule has 2 heterocycles. The Morgan fingerprint density at radius 3 is 2.49 bits per heavy atom. The topological polar surface area (TPSA) is 118 Å². The molecule has 0 atom stereocenters. The molecule has 0 fully saturated rings. The molecule has 3 aromatic rings. The van der Waals surface area contributed by atoms with Crippen molar-refractivity contribution in [3.8, 4) is 5.75 Å². The Morgan fingerprint density at radius 1 is 1.23 bits per heavy atom. The van der Waals surface area contributed by atoms with Crippen molar-refractivity contribution in [2.24, 2.45) is 0 Å². The van der Waals surface area contributed by atoms with Crippen LogP contribution in [0.5, 0.6) is 5.75 Å². The quantitative estimate of drug-likeness (QED) is 0.379. The van der Waals surface area contributed by atoms with E-state index >= 15 is 0 Å². The largest absolute Gasteiger partial charge is 0.492 e. The summed E-state index contributed by atoms with van der Waals surface area (Å²) in [6.45, 7) is 3.58. The SMILES string of the molecule is CCCN(C(=O)c1cc(Cl)cc(OCCNc2ccncc2)c1)c1nncs1.O=C(O)C(F)(F)F. The number of pyridine rings is 1. The van der Waals surface area contributed by atoms with Crippen molar-refractivity contribution >= 4 is 45.6 Å². The van der Waals surface area contributed by atoms with E-state index in [0.29, 0.717) is 41.2 Å². The number of hydrogen-bond acceptors (Lipinski definition) is 8. The van der Waals surface area contributed by atoms with Crippen LogP contribution in [0, 0.1) is 0 Å². The van der Waals surface area contributed by atoms with E-state index in [0.717, 1.165) is 12.1 Å². The minimum absolute atomic E-state index is 0.180. The van der Waals surface area contributed by atoms with Crippen molar-refractivity contribution in [2.45, 2.75) is 19.5 Å². The molecule has 0 saturated carbocycles. The fraction of sp³-hybridized carbons (Fsp3) is 0.286. The Hall–Kier alpha value is -3.45. The third-order valence-electron chi connectivity index (χ3n) is 4.01. The lowest BCUT2D eigenvalue weighted by Gasteiger charge is -2.19. The third-order valence-corrected chi connectivity index (χ3v) is 4.94. The molecule has 0 saturated heterocycles. The number of hydrogen-bond donors (Lipinski definition) is 2. The third kappa shape index (κ3) is 9.37. The Balaban J connectivity index is 0.000000540. The van der Waals surface area contributed by atoms with Gasteiger partial charge in [0.2, 0.25) is 5.13 Å². The zero-order valence-electron chi connectivity index (χ0n) is 18.3. The van der Waals surface area contributed by atoms with E-state index in [4.69, 9.17) is 26.2 Å². The number of carboxylic acids is 1. The van der Waals surface area contributed by atoms with Gasteiger partial charge in [0, 0.05) is 41.8 Å². The Morgan fingerprint density at radius 2 is 1.91 bits per heavy atom. The van der Waals surface area contributed by atoms with Gasteiger partial charge >= 0.3 is 12.1 Å². The van der Waals surface area contributed by atoms with Crippen LogP contribution in [0.25, 0.3) is 0 Å². The number of carbonyl (C=O) groups excluding carboxylic acids is 1. The molecule has 0 radical (unpaired) electrons. The van der Waals surface area contributed by atoms with E-state index in [1.54, 1.807) is 41.0 Å². The first kappa shape index (κ1) is 27.8. The number of nitrogens with zero attached hydrogens (tertiary/aromatic N) is 4. The lowest BCUT2D eigenvalue weighted by atomic mass is 10.2. The number of anilines is 2. The van der Waals surface area contributed by atoms with Gasteiger partial charge in [0.05, 0.1) is 0 Å². The summed E-state index contributed by atoms with van der Waals surface area (Å²) in [7, 11) is 0.